The molecule has 1 aromatic heterocycles. The van der Waals surface area contributed by atoms with E-state index in [4.69, 9.17) is 4.74 Å². The number of aromatic nitrogens is 2. The first-order valence-electron chi connectivity index (χ1n) is 3.66. The molecule has 0 radical (unpaired) electrons. The van der Waals surface area contributed by atoms with E-state index >= 15 is 0 Å². The van der Waals surface area contributed by atoms with Gasteiger partial charge in [0.05, 0.1) is 5.60 Å². The van der Waals surface area contributed by atoms with E-state index in [2.05, 4.69) is 14.7 Å². The lowest BCUT2D eigenvalue weighted by atomic mass is 10.2. The second kappa shape index (κ2) is 3.10. The average molecular weight is 172 g/mol. The van der Waals surface area contributed by atoms with Gasteiger partial charge in [-0.2, -0.15) is 0 Å². The van der Waals surface area contributed by atoms with Gasteiger partial charge in [-0.1, -0.05) is 5.16 Å². The molecule has 0 fully saturated rings. The summed E-state index contributed by atoms with van der Waals surface area (Å²) in [4.78, 5) is 12.9. The van der Waals surface area contributed by atoms with E-state index in [0.717, 1.165) is 0 Å². The van der Waals surface area contributed by atoms with E-state index < -0.39 is 5.76 Å². The molecule has 1 rings (SSSR count). The van der Waals surface area contributed by atoms with Crippen molar-refractivity contribution in [2.45, 2.75) is 33.0 Å². The Morgan fingerprint density at radius 1 is 1.58 bits per heavy atom. The van der Waals surface area contributed by atoms with Gasteiger partial charge in [-0.05, 0) is 20.8 Å². The summed E-state index contributed by atoms with van der Waals surface area (Å²) in [5.74, 6) is -0.141. The molecule has 0 aliphatic heterocycles. The van der Waals surface area contributed by atoms with Crippen LogP contribution in [0.3, 0.4) is 0 Å². The summed E-state index contributed by atoms with van der Waals surface area (Å²) in [5, 5.41) is 3.45. The minimum Gasteiger partial charge on any atom is -0.368 e. The minimum atomic E-state index is -0.553. The number of nitrogens with one attached hydrogen (secondary N) is 1. The van der Waals surface area contributed by atoms with Gasteiger partial charge < -0.3 is 4.74 Å². The van der Waals surface area contributed by atoms with Crippen molar-refractivity contribution in [1.29, 1.82) is 0 Å². The third kappa shape index (κ3) is 2.87. The predicted molar refractivity (Wildman–Crippen MR) is 41.7 cm³/mol. The quantitative estimate of drug-likeness (QED) is 0.712. The van der Waals surface area contributed by atoms with Crippen molar-refractivity contribution in [3.8, 4) is 0 Å². The molecule has 0 bridgehead atoms. The maximum absolute atomic E-state index is 10.5. The molecule has 68 valence electrons. The molecule has 0 aliphatic rings. The van der Waals surface area contributed by atoms with Gasteiger partial charge in [-0.3, -0.25) is 9.51 Å². The highest BCUT2D eigenvalue weighted by Crippen LogP contribution is 2.08. The zero-order valence-corrected chi connectivity index (χ0v) is 7.38. The zero-order chi connectivity index (χ0) is 9.19. The van der Waals surface area contributed by atoms with Crippen molar-refractivity contribution >= 4 is 0 Å². The largest absolute Gasteiger partial charge is 0.438 e. The van der Waals surface area contributed by atoms with E-state index in [-0.39, 0.29) is 12.2 Å². The van der Waals surface area contributed by atoms with Crippen molar-refractivity contribution in [2.24, 2.45) is 0 Å². The lowest BCUT2D eigenvalue weighted by Gasteiger charge is -2.17. The molecule has 1 heterocycles. The van der Waals surface area contributed by atoms with E-state index in [1.807, 2.05) is 20.8 Å². The molecule has 0 unspecified atom stereocenters. The summed E-state index contributed by atoms with van der Waals surface area (Å²) in [6, 6.07) is 0. The van der Waals surface area contributed by atoms with Crippen LogP contribution in [0.1, 0.15) is 26.6 Å². The lowest BCUT2D eigenvalue weighted by molar-refractivity contribution is -0.0187. The molecular weight excluding hydrogens is 160 g/mol. The van der Waals surface area contributed by atoms with Gasteiger partial charge in [0.25, 0.3) is 0 Å². The normalized spacial score (nSPS) is 11.9. The molecule has 0 atom stereocenters. The number of rotatable bonds is 2. The van der Waals surface area contributed by atoms with Gasteiger partial charge in [0.15, 0.2) is 5.82 Å². The topological polar surface area (TPSA) is 68.1 Å². The van der Waals surface area contributed by atoms with Crippen molar-refractivity contribution in [2.75, 3.05) is 0 Å². The zero-order valence-electron chi connectivity index (χ0n) is 7.38. The van der Waals surface area contributed by atoms with Crippen LogP contribution < -0.4 is 5.76 Å². The Labute approximate surface area is 69.7 Å². The second-order valence-electron chi connectivity index (χ2n) is 3.44. The maximum Gasteiger partial charge on any atom is 0.438 e. The molecule has 0 aliphatic carbocycles. The van der Waals surface area contributed by atoms with Gasteiger partial charge in [-0.15, -0.1) is 0 Å². The fourth-order valence-electron chi connectivity index (χ4n) is 0.607. The van der Waals surface area contributed by atoms with Gasteiger partial charge in [-0.25, -0.2) is 4.79 Å². The van der Waals surface area contributed by atoms with Crippen molar-refractivity contribution in [3.63, 3.8) is 0 Å². The van der Waals surface area contributed by atoms with Crippen LogP contribution in [0.2, 0.25) is 0 Å². The van der Waals surface area contributed by atoms with Crippen LogP contribution in [0.15, 0.2) is 9.32 Å². The van der Waals surface area contributed by atoms with Gasteiger partial charge >= 0.3 is 5.76 Å². The Balaban J connectivity index is 2.49. The Hall–Kier alpha value is -1.10. The molecular formula is C7H12N2O3. The van der Waals surface area contributed by atoms with Gasteiger partial charge in [0.1, 0.15) is 6.61 Å². The highest BCUT2D eigenvalue weighted by Gasteiger charge is 2.11. The summed E-state index contributed by atoms with van der Waals surface area (Å²) in [7, 11) is 0. The van der Waals surface area contributed by atoms with Crippen molar-refractivity contribution in [1.82, 2.24) is 10.1 Å². The van der Waals surface area contributed by atoms with E-state index in [0.29, 0.717) is 5.82 Å². The molecule has 1 aromatic rings. The van der Waals surface area contributed by atoms with E-state index in [9.17, 15) is 4.79 Å². The first kappa shape index (κ1) is 8.99. The van der Waals surface area contributed by atoms with Crippen LogP contribution >= 0.6 is 0 Å². The number of nitrogens with zero attached hydrogens (tertiary/aromatic N) is 1. The standard InChI is InChI=1S/C7H12N2O3/c1-7(2,3)11-4-5-8-6(10)12-9-5/h4H2,1-3H3,(H,8,9,10). The van der Waals surface area contributed by atoms with Crippen LogP contribution in [0.4, 0.5) is 0 Å². The first-order chi connectivity index (χ1) is 5.47. The van der Waals surface area contributed by atoms with E-state index in [1.165, 1.54) is 0 Å². The molecule has 0 saturated carbocycles. The Kier molecular flexibility index (Phi) is 2.32. The highest BCUT2D eigenvalue weighted by atomic mass is 16.5. The van der Waals surface area contributed by atoms with Crippen LogP contribution in [0, 0.1) is 0 Å². The smallest absolute Gasteiger partial charge is 0.368 e. The van der Waals surface area contributed by atoms with Crippen LogP contribution in [-0.2, 0) is 11.3 Å². The third-order valence-corrected chi connectivity index (χ3v) is 1.13. The van der Waals surface area contributed by atoms with Crippen LogP contribution in [0.25, 0.3) is 0 Å². The molecule has 0 amide bonds. The third-order valence-electron chi connectivity index (χ3n) is 1.13. The van der Waals surface area contributed by atoms with E-state index in [1.54, 1.807) is 0 Å². The van der Waals surface area contributed by atoms with Crippen LogP contribution in [-0.4, -0.2) is 15.7 Å². The Morgan fingerprint density at radius 2 is 2.25 bits per heavy atom. The molecule has 12 heavy (non-hydrogen) atoms. The summed E-state index contributed by atoms with van der Waals surface area (Å²) in [6.45, 7) is 6.02. The average Bonchev–Trinajstić information content (AvgIpc) is 2.30. The number of hydrogen-bond acceptors (Lipinski definition) is 4. The Bertz CT molecular complexity index is 294. The molecule has 0 aromatic carbocycles. The summed E-state index contributed by atoms with van der Waals surface area (Å²) < 4.78 is 9.62. The van der Waals surface area contributed by atoms with Crippen molar-refractivity contribution < 1.29 is 9.26 Å². The number of ether oxygens (including phenoxy) is 1. The number of aromatic amines is 1. The fourth-order valence-corrected chi connectivity index (χ4v) is 0.607. The van der Waals surface area contributed by atoms with Crippen molar-refractivity contribution in [3.05, 3.63) is 16.4 Å². The lowest BCUT2D eigenvalue weighted by Crippen LogP contribution is -2.19. The second-order valence-corrected chi connectivity index (χ2v) is 3.44. The SMILES string of the molecule is CC(C)(C)OCc1noc(=O)[nH]1. The van der Waals surface area contributed by atoms with Crippen LogP contribution in [0.5, 0.6) is 0 Å². The molecule has 5 nitrogen and oxygen atoms in total. The molecule has 0 spiro atoms. The van der Waals surface area contributed by atoms with Gasteiger partial charge in [0, 0.05) is 0 Å². The Morgan fingerprint density at radius 3 is 2.67 bits per heavy atom. The summed E-state index contributed by atoms with van der Waals surface area (Å²) >= 11 is 0. The fraction of sp³-hybridized carbons (Fsp3) is 0.714. The molecule has 0 saturated heterocycles. The summed E-state index contributed by atoms with van der Waals surface area (Å²) in [6.07, 6.45) is 0. The number of H-pyrrole nitrogens is 1. The first-order valence-corrected chi connectivity index (χ1v) is 3.66. The number of hydrogen-bond donors (Lipinski definition) is 1. The molecule has 5 heteroatoms. The molecule has 1 N–H and O–H groups in total. The predicted octanol–water partition coefficient (Wildman–Crippen LogP) is 0.678. The minimum absolute atomic E-state index is 0.240. The summed E-state index contributed by atoms with van der Waals surface area (Å²) in [5.41, 5.74) is -0.240. The maximum atomic E-state index is 10.5. The highest BCUT2D eigenvalue weighted by molar-refractivity contribution is 4.75. The van der Waals surface area contributed by atoms with Gasteiger partial charge in [0.2, 0.25) is 0 Å². The monoisotopic (exact) mass is 172 g/mol.